The Bertz CT molecular complexity index is 1000. The summed E-state index contributed by atoms with van der Waals surface area (Å²) in [5.41, 5.74) is 1.64. The van der Waals surface area contributed by atoms with Crippen LogP contribution in [-0.4, -0.2) is 17.7 Å². The predicted octanol–water partition coefficient (Wildman–Crippen LogP) is 6.17. The van der Waals surface area contributed by atoms with Crippen LogP contribution in [0.25, 0.3) is 11.3 Å². The van der Waals surface area contributed by atoms with Crippen LogP contribution in [0.5, 0.6) is 5.75 Å². The molecule has 1 N–H and O–H groups in total. The van der Waals surface area contributed by atoms with E-state index in [2.05, 4.69) is 0 Å². The van der Waals surface area contributed by atoms with Gasteiger partial charge in [0.15, 0.2) is 0 Å². The smallest absolute Gasteiger partial charge is 0.416 e. The van der Waals surface area contributed by atoms with Gasteiger partial charge in [0.1, 0.15) is 17.3 Å². The SMILES string of the molecule is CCc1oc(-c2ccc(C(F)(F)F)cc2)cc1CCCOc1ccc(CC(=O)O)cc1. The molecule has 3 rings (SSSR count). The molecule has 0 radical (unpaired) electrons. The maximum atomic E-state index is 12.8. The van der Waals surface area contributed by atoms with E-state index >= 15 is 0 Å². The summed E-state index contributed by atoms with van der Waals surface area (Å²) < 4.78 is 49.8. The van der Waals surface area contributed by atoms with Crippen LogP contribution in [0.3, 0.4) is 0 Å². The zero-order valence-electron chi connectivity index (χ0n) is 17.0. The van der Waals surface area contributed by atoms with Gasteiger partial charge in [-0.15, -0.1) is 0 Å². The molecule has 0 aliphatic rings. The number of benzene rings is 2. The van der Waals surface area contributed by atoms with E-state index in [-0.39, 0.29) is 6.42 Å². The molecule has 0 saturated heterocycles. The van der Waals surface area contributed by atoms with Gasteiger partial charge in [-0.25, -0.2) is 0 Å². The molecule has 1 aromatic heterocycles. The summed E-state index contributed by atoms with van der Waals surface area (Å²) in [5.74, 6) is 1.15. The number of carboxylic acids is 1. The topological polar surface area (TPSA) is 59.7 Å². The fraction of sp³-hybridized carbons (Fsp3) is 0.292. The zero-order chi connectivity index (χ0) is 22.4. The molecule has 0 unspecified atom stereocenters. The summed E-state index contributed by atoms with van der Waals surface area (Å²) in [6.07, 6.45) is -2.26. The molecule has 0 amide bonds. The van der Waals surface area contributed by atoms with Crippen molar-refractivity contribution in [3.05, 3.63) is 77.0 Å². The van der Waals surface area contributed by atoms with Crippen LogP contribution in [0.2, 0.25) is 0 Å². The highest BCUT2D eigenvalue weighted by Crippen LogP contribution is 2.32. The van der Waals surface area contributed by atoms with E-state index < -0.39 is 17.7 Å². The molecule has 1 heterocycles. The van der Waals surface area contributed by atoms with Crippen molar-refractivity contribution in [2.45, 2.75) is 38.8 Å². The number of hydrogen-bond donors (Lipinski definition) is 1. The maximum absolute atomic E-state index is 12.8. The Balaban J connectivity index is 1.57. The molecule has 0 aliphatic heterocycles. The van der Waals surface area contributed by atoms with Crippen LogP contribution >= 0.6 is 0 Å². The molecule has 0 spiro atoms. The normalized spacial score (nSPS) is 11.5. The predicted molar refractivity (Wildman–Crippen MR) is 110 cm³/mol. The molecule has 164 valence electrons. The molecule has 2 aromatic carbocycles. The molecule has 0 fully saturated rings. The van der Waals surface area contributed by atoms with Crippen LogP contribution in [0.15, 0.2) is 59.0 Å². The first-order valence-corrected chi connectivity index (χ1v) is 9.99. The van der Waals surface area contributed by atoms with Crippen LogP contribution in [0, 0.1) is 0 Å². The number of carbonyl (C=O) groups is 1. The van der Waals surface area contributed by atoms with E-state index in [1.165, 1.54) is 12.1 Å². The number of hydrogen-bond acceptors (Lipinski definition) is 3. The van der Waals surface area contributed by atoms with Gasteiger partial charge < -0.3 is 14.3 Å². The summed E-state index contributed by atoms with van der Waals surface area (Å²) in [5, 5.41) is 8.80. The molecule has 0 aliphatic carbocycles. The number of carboxylic acid groups (broad SMARTS) is 1. The quantitative estimate of drug-likeness (QED) is 0.411. The second kappa shape index (κ2) is 9.73. The Labute approximate surface area is 178 Å². The number of aryl methyl sites for hydroxylation is 2. The summed E-state index contributed by atoms with van der Waals surface area (Å²) in [4.78, 5) is 10.7. The van der Waals surface area contributed by atoms with Crippen molar-refractivity contribution in [2.75, 3.05) is 6.61 Å². The molecule has 4 nitrogen and oxygen atoms in total. The molecule has 0 bridgehead atoms. The van der Waals surface area contributed by atoms with E-state index in [1.54, 1.807) is 24.3 Å². The first-order chi connectivity index (χ1) is 14.8. The highest BCUT2D eigenvalue weighted by atomic mass is 19.4. The summed E-state index contributed by atoms with van der Waals surface area (Å²) in [6, 6.07) is 13.8. The number of halogens is 3. The molecular formula is C24H23F3O4. The third-order valence-electron chi connectivity index (χ3n) is 4.85. The van der Waals surface area contributed by atoms with Gasteiger partial charge in [0.05, 0.1) is 18.6 Å². The minimum Gasteiger partial charge on any atom is -0.494 e. The highest BCUT2D eigenvalue weighted by Gasteiger charge is 2.30. The molecule has 7 heteroatoms. The average molecular weight is 432 g/mol. The van der Waals surface area contributed by atoms with Gasteiger partial charge in [-0.1, -0.05) is 31.2 Å². The van der Waals surface area contributed by atoms with Crippen molar-refractivity contribution in [3.63, 3.8) is 0 Å². The Morgan fingerprint density at radius 1 is 1.06 bits per heavy atom. The van der Waals surface area contributed by atoms with Gasteiger partial charge in [-0.3, -0.25) is 4.79 Å². The van der Waals surface area contributed by atoms with E-state index in [1.807, 2.05) is 13.0 Å². The van der Waals surface area contributed by atoms with Crippen LogP contribution in [0.4, 0.5) is 13.2 Å². The Kier molecular flexibility index (Phi) is 7.05. The molecule has 3 aromatic rings. The minimum atomic E-state index is -4.36. The lowest BCUT2D eigenvalue weighted by molar-refractivity contribution is -0.138. The van der Waals surface area contributed by atoms with Gasteiger partial charge in [0.2, 0.25) is 0 Å². The van der Waals surface area contributed by atoms with Gasteiger partial charge in [-0.05, 0) is 54.3 Å². The largest absolute Gasteiger partial charge is 0.494 e. The van der Waals surface area contributed by atoms with Gasteiger partial charge in [0.25, 0.3) is 0 Å². The maximum Gasteiger partial charge on any atom is 0.416 e. The Hall–Kier alpha value is -3.22. The van der Waals surface area contributed by atoms with Gasteiger partial charge >= 0.3 is 12.1 Å². The summed E-state index contributed by atoms with van der Waals surface area (Å²) >= 11 is 0. The van der Waals surface area contributed by atoms with Gasteiger partial charge in [-0.2, -0.15) is 13.2 Å². The van der Waals surface area contributed by atoms with E-state index in [4.69, 9.17) is 14.3 Å². The second-order valence-corrected chi connectivity index (χ2v) is 7.15. The second-order valence-electron chi connectivity index (χ2n) is 7.15. The van der Waals surface area contributed by atoms with Crippen molar-refractivity contribution in [2.24, 2.45) is 0 Å². The van der Waals surface area contributed by atoms with Crippen molar-refractivity contribution >= 4 is 5.97 Å². The third kappa shape index (κ3) is 6.13. The summed E-state index contributed by atoms with van der Waals surface area (Å²) in [6.45, 7) is 2.44. The van der Waals surface area contributed by atoms with Gasteiger partial charge in [0, 0.05) is 12.0 Å². The van der Waals surface area contributed by atoms with E-state index in [0.717, 1.165) is 29.9 Å². The molecule has 31 heavy (non-hydrogen) atoms. The highest BCUT2D eigenvalue weighted by molar-refractivity contribution is 5.70. The molecule has 0 saturated carbocycles. The molecular weight excluding hydrogens is 409 g/mol. The monoisotopic (exact) mass is 432 g/mol. The fourth-order valence-electron chi connectivity index (χ4n) is 3.27. The van der Waals surface area contributed by atoms with Crippen molar-refractivity contribution in [1.29, 1.82) is 0 Å². The van der Waals surface area contributed by atoms with Crippen LogP contribution in [0.1, 0.15) is 35.8 Å². The first kappa shape index (κ1) is 22.5. The lowest BCUT2D eigenvalue weighted by atomic mass is 10.1. The zero-order valence-corrected chi connectivity index (χ0v) is 17.0. The van der Waals surface area contributed by atoms with Crippen LogP contribution in [-0.2, 0) is 30.2 Å². The van der Waals surface area contributed by atoms with Crippen molar-refractivity contribution < 1.29 is 32.2 Å². The fourth-order valence-corrected chi connectivity index (χ4v) is 3.27. The Morgan fingerprint density at radius 2 is 1.74 bits per heavy atom. The number of ether oxygens (including phenoxy) is 1. The van der Waals surface area contributed by atoms with E-state index in [0.29, 0.717) is 42.1 Å². The standard InChI is InChI=1S/C24H23F3O4/c1-2-21-18(4-3-13-30-20-11-5-16(6-12-20)14-23(28)29)15-22(31-21)17-7-9-19(10-8-17)24(25,26)27/h5-12,15H,2-4,13-14H2,1H3,(H,28,29). The third-order valence-corrected chi connectivity index (χ3v) is 4.85. The van der Waals surface area contributed by atoms with Crippen molar-refractivity contribution in [3.8, 4) is 17.1 Å². The van der Waals surface area contributed by atoms with E-state index in [9.17, 15) is 18.0 Å². The minimum absolute atomic E-state index is 0.0260. The number of furan rings is 1. The molecule has 0 atom stereocenters. The number of rotatable bonds is 9. The average Bonchev–Trinajstić information content (AvgIpc) is 3.15. The van der Waals surface area contributed by atoms with Crippen molar-refractivity contribution in [1.82, 2.24) is 0 Å². The van der Waals surface area contributed by atoms with Crippen LogP contribution < -0.4 is 4.74 Å². The first-order valence-electron chi connectivity index (χ1n) is 9.99. The lowest BCUT2D eigenvalue weighted by Gasteiger charge is -2.07. The number of aliphatic carboxylic acids is 1. The number of alkyl halides is 3. The Morgan fingerprint density at radius 3 is 2.32 bits per heavy atom. The summed E-state index contributed by atoms with van der Waals surface area (Å²) in [7, 11) is 0. The lowest BCUT2D eigenvalue weighted by Crippen LogP contribution is -2.03.